The average Bonchev–Trinajstić information content (AvgIpc) is 2.76. The van der Waals surface area contributed by atoms with E-state index >= 15 is 0 Å². The van der Waals surface area contributed by atoms with Gasteiger partial charge in [0.2, 0.25) is 5.75 Å². The Hall–Kier alpha value is -3.31. The number of nitro groups is 1. The molecule has 3 aromatic rings. The number of ether oxygens (including phenoxy) is 1. The Morgan fingerprint density at radius 1 is 0.938 bits per heavy atom. The van der Waals surface area contributed by atoms with E-state index in [4.69, 9.17) is 13.8 Å². The van der Waals surface area contributed by atoms with E-state index in [1.165, 1.54) is 13.2 Å². The number of hydrogen-bond acceptors (Lipinski definition) is 6. The van der Waals surface area contributed by atoms with Crippen molar-refractivity contribution in [1.82, 2.24) is 0 Å². The zero-order valence-corrected chi connectivity index (χ0v) is 19.6. The van der Waals surface area contributed by atoms with E-state index in [0.717, 1.165) is 11.1 Å². The van der Waals surface area contributed by atoms with Crippen LogP contribution in [0.1, 0.15) is 36.5 Å². The summed E-state index contributed by atoms with van der Waals surface area (Å²) in [6.07, 6.45) is 0. The molecule has 168 valence electrons. The van der Waals surface area contributed by atoms with Gasteiger partial charge in [0.15, 0.2) is 0 Å². The van der Waals surface area contributed by atoms with Gasteiger partial charge in [-0.3, -0.25) is 10.1 Å². The molecule has 0 aliphatic heterocycles. The molecule has 0 heterocycles. The smallest absolute Gasteiger partial charge is 0.463 e. The second-order valence-corrected chi connectivity index (χ2v) is 9.61. The van der Waals surface area contributed by atoms with Gasteiger partial charge in [0.25, 0.3) is 0 Å². The minimum Gasteiger partial charge on any atom is -0.497 e. The highest BCUT2D eigenvalue weighted by atomic mass is 31.2. The predicted molar refractivity (Wildman–Crippen MR) is 125 cm³/mol. The Morgan fingerprint density at radius 2 is 1.62 bits per heavy atom. The zero-order chi connectivity index (χ0) is 23.5. The van der Waals surface area contributed by atoms with Crippen LogP contribution in [0.4, 0.5) is 5.69 Å². The summed E-state index contributed by atoms with van der Waals surface area (Å²) in [4.78, 5) is 11.0. The maximum atomic E-state index is 14.2. The van der Waals surface area contributed by atoms with E-state index in [0.29, 0.717) is 17.1 Å². The summed E-state index contributed by atoms with van der Waals surface area (Å²) in [6.45, 7) is 7.59. The van der Waals surface area contributed by atoms with Crippen molar-refractivity contribution >= 4 is 18.6 Å². The lowest BCUT2D eigenvalue weighted by atomic mass is 10.0. The van der Waals surface area contributed by atoms with E-state index in [-0.39, 0.29) is 22.7 Å². The number of methoxy groups -OCH3 is 1. The van der Waals surface area contributed by atoms with Crippen LogP contribution in [0.3, 0.4) is 0 Å². The summed E-state index contributed by atoms with van der Waals surface area (Å²) in [5.41, 5.74) is 1.97. The molecule has 3 aromatic carbocycles. The molecule has 0 amide bonds. The highest BCUT2D eigenvalue weighted by Gasteiger charge is 2.35. The average molecular weight is 455 g/mol. The zero-order valence-electron chi connectivity index (χ0n) is 18.7. The molecule has 0 N–H and O–H groups in total. The van der Waals surface area contributed by atoms with E-state index in [9.17, 15) is 14.7 Å². The fourth-order valence-corrected chi connectivity index (χ4v) is 4.81. The molecule has 0 saturated heterocycles. The molecule has 8 heteroatoms. The largest absolute Gasteiger partial charge is 0.497 e. The summed E-state index contributed by atoms with van der Waals surface area (Å²) in [5, 5.41) is 11.8. The maximum absolute atomic E-state index is 14.2. The molecule has 0 aliphatic carbocycles. The summed E-state index contributed by atoms with van der Waals surface area (Å²) < 4.78 is 31.3. The number of para-hydroxylation sites is 1. The number of aryl methyl sites for hydroxylation is 2. The number of nitro benzene ring substituents is 1. The number of rotatable bonds is 8. The lowest BCUT2D eigenvalue weighted by molar-refractivity contribution is -0.385. The molecule has 0 aromatic heterocycles. The third-order valence-corrected chi connectivity index (χ3v) is 6.88. The fraction of sp³-hybridized carbons (Fsp3) is 0.250. The van der Waals surface area contributed by atoms with Crippen LogP contribution >= 0.6 is 7.60 Å². The van der Waals surface area contributed by atoms with Gasteiger partial charge in [-0.2, -0.15) is 0 Å². The molecule has 0 spiro atoms. The van der Waals surface area contributed by atoms with Crippen LogP contribution in [-0.2, 0) is 4.57 Å². The SMILES string of the molecule is COc1ccc([P@@](=O)(Oc2cc(C(C)C)ccc2C)Oc2c(C)cccc2[N+](=O)[O-])cc1. The van der Waals surface area contributed by atoms with Crippen molar-refractivity contribution in [1.29, 1.82) is 0 Å². The van der Waals surface area contributed by atoms with Crippen LogP contribution in [0.2, 0.25) is 0 Å². The first-order valence-corrected chi connectivity index (χ1v) is 11.7. The topological polar surface area (TPSA) is 87.9 Å². The summed E-state index contributed by atoms with van der Waals surface area (Å²) in [7, 11) is -2.55. The van der Waals surface area contributed by atoms with Crippen LogP contribution < -0.4 is 19.1 Å². The normalized spacial score (nSPS) is 12.8. The highest BCUT2D eigenvalue weighted by molar-refractivity contribution is 7.63. The standard InChI is InChI=1S/C24H26NO6P/c1-16(2)19-10-9-17(3)23(15-19)30-32(28,21-13-11-20(29-5)12-14-21)31-24-18(4)7-6-8-22(24)25(26)27/h6-16H,1-5H3/t32-/m1/s1. The summed E-state index contributed by atoms with van der Waals surface area (Å²) in [5.74, 6) is 1.11. The van der Waals surface area contributed by atoms with Crippen LogP contribution in [0.15, 0.2) is 60.7 Å². The Bertz CT molecular complexity index is 1170. The van der Waals surface area contributed by atoms with Gasteiger partial charge in [0.1, 0.15) is 11.5 Å². The van der Waals surface area contributed by atoms with Crippen molar-refractivity contribution in [3.63, 3.8) is 0 Å². The number of nitrogens with zero attached hydrogens (tertiary/aromatic N) is 1. The second-order valence-electron chi connectivity index (χ2n) is 7.74. The van der Waals surface area contributed by atoms with Crippen molar-refractivity contribution in [3.8, 4) is 17.2 Å². The van der Waals surface area contributed by atoms with Crippen molar-refractivity contribution in [3.05, 3.63) is 87.5 Å². The first kappa shape index (κ1) is 23.4. The number of hydrogen-bond donors (Lipinski definition) is 0. The van der Waals surface area contributed by atoms with Crippen molar-refractivity contribution in [2.45, 2.75) is 33.6 Å². The van der Waals surface area contributed by atoms with Crippen LogP contribution in [0.5, 0.6) is 17.2 Å². The van der Waals surface area contributed by atoms with Gasteiger partial charge in [-0.1, -0.05) is 38.1 Å². The van der Waals surface area contributed by atoms with E-state index < -0.39 is 12.5 Å². The van der Waals surface area contributed by atoms with Gasteiger partial charge in [0.05, 0.1) is 17.3 Å². The molecule has 1 atom stereocenters. The molecule has 3 rings (SSSR count). The van der Waals surface area contributed by atoms with Crippen molar-refractivity contribution in [2.24, 2.45) is 0 Å². The van der Waals surface area contributed by atoms with E-state index in [1.54, 1.807) is 43.3 Å². The molecule has 0 fully saturated rings. The highest BCUT2D eigenvalue weighted by Crippen LogP contribution is 2.51. The fourth-order valence-electron chi connectivity index (χ4n) is 3.11. The lowest BCUT2D eigenvalue weighted by Crippen LogP contribution is -2.16. The molecular weight excluding hydrogens is 429 g/mol. The van der Waals surface area contributed by atoms with Gasteiger partial charge >= 0.3 is 13.3 Å². The third kappa shape index (κ3) is 4.94. The Morgan fingerprint density at radius 3 is 2.22 bits per heavy atom. The quantitative estimate of drug-likeness (QED) is 0.224. The van der Waals surface area contributed by atoms with Crippen LogP contribution in [0, 0.1) is 24.0 Å². The van der Waals surface area contributed by atoms with Gasteiger partial charge in [-0.05, 0) is 66.8 Å². The minimum atomic E-state index is -4.08. The molecule has 0 bridgehead atoms. The molecule has 7 nitrogen and oxygen atoms in total. The van der Waals surface area contributed by atoms with Gasteiger partial charge in [0, 0.05) is 6.07 Å². The van der Waals surface area contributed by atoms with Gasteiger partial charge in [-0.15, -0.1) is 0 Å². The molecule has 0 aliphatic rings. The predicted octanol–water partition coefficient (Wildman–Crippen LogP) is 6.32. The molecule has 0 unspecified atom stereocenters. The third-order valence-electron chi connectivity index (χ3n) is 5.09. The molecule has 0 saturated carbocycles. The molecular formula is C24H26NO6P. The van der Waals surface area contributed by atoms with Crippen LogP contribution in [-0.4, -0.2) is 12.0 Å². The monoisotopic (exact) mass is 455 g/mol. The van der Waals surface area contributed by atoms with Crippen LogP contribution in [0.25, 0.3) is 0 Å². The minimum absolute atomic E-state index is 0.0886. The number of benzene rings is 3. The van der Waals surface area contributed by atoms with E-state index in [1.807, 2.05) is 39.0 Å². The van der Waals surface area contributed by atoms with Crippen molar-refractivity contribution in [2.75, 3.05) is 7.11 Å². The summed E-state index contributed by atoms with van der Waals surface area (Å²) in [6, 6.07) is 16.6. The lowest BCUT2D eigenvalue weighted by Gasteiger charge is -2.23. The maximum Gasteiger partial charge on any atom is 0.463 e. The van der Waals surface area contributed by atoms with Gasteiger partial charge in [-0.25, -0.2) is 4.57 Å². The van der Waals surface area contributed by atoms with Crippen molar-refractivity contribution < 1.29 is 23.3 Å². The first-order valence-electron chi connectivity index (χ1n) is 10.1. The first-order chi connectivity index (χ1) is 15.1. The summed E-state index contributed by atoms with van der Waals surface area (Å²) >= 11 is 0. The Kier molecular flexibility index (Phi) is 6.90. The van der Waals surface area contributed by atoms with E-state index in [2.05, 4.69) is 0 Å². The molecule has 0 radical (unpaired) electrons. The molecule has 32 heavy (non-hydrogen) atoms. The second kappa shape index (κ2) is 9.45. The van der Waals surface area contributed by atoms with Gasteiger partial charge < -0.3 is 13.8 Å². The Labute approximate surface area is 187 Å². The Balaban J connectivity index is 2.14.